The van der Waals surface area contributed by atoms with Crippen LogP contribution < -0.4 is 0 Å². The molecule has 1 fully saturated rings. The molecule has 1 aromatic rings. The minimum atomic E-state index is -0.417. The Labute approximate surface area is 160 Å². The molecule has 0 N–H and O–H groups in total. The van der Waals surface area contributed by atoms with E-state index in [0.29, 0.717) is 6.04 Å². The molecule has 0 heterocycles. The lowest BCUT2D eigenvalue weighted by molar-refractivity contribution is -0.384. The maximum atomic E-state index is 12.6. The second-order valence-corrected chi connectivity index (χ2v) is 8.46. The third-order valence-electron chi connectivity index (χ3n) is 5.07. The van der Waals surface area contributed by atoms with Crippen molar-refractivity contribution in [3.63, 3.8) is 0 Å². The summed E-state index contributed by atoms with van der Waals surface area (Å²) >= 11 is 1.44. The number of likely N-dealkylation sites (N-methyl/N-ethyl adjacent to an activating group) is 2. The topological polar surface area (TPSA) is 66.7 Å². The second kappa shape index (κ2) is 9.92. The minimum absolute atomic E-state index is 0.0659. The number of carbonyl (C=O) groups is 1. The maximum Gasteiger partial charge on any atom is 0.269 e. The summed E-state index contributed by atoms with van der Waals surface area (Å²) in [6, 6.07) is 7.00. The number of amides is 1. The Morgan fingerprint density at radius 2 is 1.81 bits per heavy atom. The SMILES string of the molecule is CC(Sc1ccc([N+](=O)[O-])cc1)C(=O)N(C)CCN(C)C1CCCCC1. The summed E-state index contributed by atoms with van der Waals surface area (Å²) in [5.41, 5.74) is 0.0659. The van der Waals surface area contributed by atoms with Crippen molar-refractivity contribution in [3.05, 3.63) is 34.4 Å². The number of hydrogen-bond donors (Lipinski definition) is 0. The predicted molar refractivity (Wildman–Crippen MR) is 106 cm³/mol. The predicted octanol–water partition coefficient (Wildman–Crippen LogP) is 3.80. The van der Waals surface area contributed by atoms with Gasteiger partial charge in [0.15, 0.2) is 0 Å². The van der Waals surface area contributed by atoms with Crippen LogP contribution in [0.25, 0.3) is 0 Å². The van der Waals surface area contributed by atoms with Crippen molar-refractivity contribution in [2.75, 3.05) is 27.2 Å². The van der Waals surface area contributed by atoms with Gasteiger partial charge in [-0.05, 0) is 38.9 Å². The lowest BCUT2D eigenvalue weighted by Gasteiger charge is -2.32. The van der Waals surface area contributed by atoms with Crippen LogP contribution in [-0.2, 0) is 4.79 Å². The van der Waals surface area contributed by atoms with Gasteiger partial charge in [0.2, 0.25) is 5.91 Å². The Kier molecular flexibility index (Phi) is 7.90. The zero-order valence-electron chi connectivity index (χ0n) is 15.9. The number of nitro groups is 1. The molecule has 0 radical (unpaired) electrons. The van der Waals surface area contributed by atoms with E-state index in [1.54, 1.807) is 17.0 Å². The van der Waals surface area contributed by atoms with E-state index in [9.17, 15) is 14.9 Å². The minimum Gasteiger partial charge on any atom is -0.344 e. The van der Waals surface area contributed by atoms with Crippen molar-refractivity contribution in [2.45, 2.75) is 55.2 Å². The molecular weight excluding hydrogens is 350 g/mol. The van der Waals surface area contributed by atoms with Crippen molar-refractivity contribution in [3.8, 4) is 0 Å². The number of benzene rings is 1. The van der Waals surface area contributed by atoms with Crippen molar-refractivity contribution in [1.29, 1.82) is 0 Å². The number of carbonyl (C=O) groups excluding carboxylic acids is 1. The highest BCUT2D eigenvalue weighted by molar-refractivity contribution is 8.00. The van der Waals surface area contributed by atoms with Crippen LogP contribution in [0.4, 0.5) is 5.69 Å². The van der Waals surface area contributed by atoms with Gasteiger partial charge >= 0.3 is 0 Å². The Bertz CT molecular complexity index is 603. The number of non-ortho nitro benzene ring substituents is 1. The molecule has 1 unspecified atom stereocenters. The summed E-state index contributed by atoms with van der Waals surface area (Å²) in [6.45, 7) is 3.49. The average molecular weight is 380 g/mol. The molecule has 0 spiro atoms. The van der Waals surface area contributed by atoms with Gasteiger partial charge < -0.3 is 9.80 Å². The number of nitrogens with zero attached hydrogens (tertiary/aromatic N) is 3. The van der Waals surface area contributed by atoms with Crippen LogP contribution >= 0.6 is 11.8 Å². The van der Waals surface area contributed by atoms with Crippen LogP contribution in [0.5, 0.6) is 0 Å². The Morgan fingerprint density at radius 1 is 1.19 bits per heavy atom. The van der Waals surface area contributed by atoms with Gasteiger partial charge in [-0.3, -0.25) is 14.9 Å². The lowest BCUT2D eigenvalue weighted by atomic mass is 9.94. The standard InChI is InChI=1S/C19H29N3O3S/c1-15(26-18-11-9-17(10-12-18)22(24)25)19(23)21(3)14-13-20(2)16-7-5-4-6-8-16/h9-12,15-16H,4-8,13-14H2,1-3H3. The Hall–Kier alpha value is -1.60. The Morgan fingerprint density at radius 3 is 2.38 bits per heavy atom. The fourth-order valence-electron chi connectivity index (χ4n) is 3.33. The molecule has 26 heavy (non-hydrogen) atoms. The van der Waals surface area contributed by atoms with Gasteiger partial charge in [0.05, 0.1) is 10.2 Å². The Balaban J connectivity index is 1.79. The van der Waals surface area contributed by atoms with Gasteiger partial charge in [0.1, 0.15) is 0 Å². The molecule has 0 aliphatic heterocycles. The van der Waals surface area contributed by atoms with Gasteiger partial charge in [0, 0.05) is 43.2 Å². The average Bonchev–Trinajstić information content (AvgIpc) is 2.66. The summed E-state index contributed by atoms with van der Waals surface area (Å²) in [5, 5.41) is 10.5. The van der Waals surface area contributed by atoms with Gasteiger partial charge in [-0.2, -0.15) is 0 Å². The molecule has 0 aromatic heterocycles. The quantitative estimate of drug-likeness (QED) is 0.390. The van der Waals surface area contributed by atoms with E-state index in [4.69, 9.17) is 0 Å². The van der Waals surface area contributed by atoms with Crippen LogP contribution in [0.3, 0.4) is 0 Å². The highest BCUT2D eigenvalue weighted by atomic mass is 32.2. The molecule has 1 atom stereocenters. The van der Waals surface area contributed by atoms with E-state index in [-0.39, 0.29) is 16.8 Å². The first-order chi connectivity index (χ1) is 12.4. The third kappa shape index (κ3) is 5.99. The van der Waals surface area contributed by atoms with E-state index in [2.05, 4.69) is 11.9 Å². The first-order valence-electron chi connectivity index (χ1n) is 9.25. The van der Waals surface area contributed by atoms with Crippen LogP contribution in [0.1, 0.15) is 39.0 Å². The van der Waals surface area contributed by atoms with Crippen molar-refractivity contribution in [1.82, 2.24) is 9.80 Å². The number of hydrogen-bond acceptors (Lipinski definition) is 5. The molecule has 144 valence electrons. The van der Waals surface area contributed by atoms with Crippen LogP contribution in [0.2, 0.25) is 0 Å². The van der Waals surface area contributed by atoms with Gasteiger partial charge in [-0.1, -0.05) is 19.3 Å². The number of thioether (sulfide) groups is 1. The highest BCUT2D eigenvalue weighted by Gasteiger charge is 2.21. The van der Waals surface area contributed by atoms with Crippen LogP contribution in [0.15, 0.2) is 29.2 Å². The molecule has 0 bridgehead atoms. The van der Waals surface area contributed by atoms with E-state index < -0.39 is 4.92 Å². The van der Waals surface area contributed by atoms with Crippen molar-refractivity contribution < 1.29 is 9.72 Å². The molecule has 1 amide bonds. The third-order valence-corrected chi connectivity index (χ3v) is 6.17. The zero-order valence-corrected chi connectivity index (χ0v) is 16.7. The summed E-state index contributed by atoms with van der Waals surface area (Å²) in [7, 11) is 4.01. The molecule has 1 aliphatic carbocycles. The maximum absolute atomic E-state index is 12.6. The summed E-state index contributed by atoms with van der Waals surface area (Å²) in [5.74, 6) is 0.0883. The summed E-state index contributed by atoms with van der Waals surface area (Å²) in [4.78, 5) is 27.9. The molecule has 2 rings (SSSR count). The van der Waals surface area contributed by atoms with Crippen molar-refractivity contribution >= 4 is 23.4 Å². The highest BCUT2D eigenvalue weighted by Crippen LogP contribution is 2.26. The monoisotopic (exact) mass is 379 g/mol. The second-order valence-electron chi connectivity index (χ2n) is 7.04. The van der Waals surface area contributed by atoms with Gasteiger partial charge in [0.25, 0.3) is 5.69 Å². The summed E-state index contributed by atoms with van der Waals surface area (Å²) in [6.07, 6.45) is 6.50. The first-order valence-corrected chi connectivity index (χ1v) is 10.1. The van der Waals surface area contributed by atoms with Crippen molar-refractivity contribution in [2.24, 2.45) is 0 Å². The molecule has 6 nitrogen and oxygen atoms in total. The van der Waals surface area contributed by atoms with E-state index in [1.165, 1.54) is 56.0 Å². The number of rotatable bonds is 8. The fraction of sp³-hybridized carbons (Fsp3) is 0.632. The normalized spacial score (nSPS) is 16.5. The van der Waals surface area contributed by atoms with Crippen LogP contribution in [-0.4, -0.2) is 59.1 Å². The molecular formula is C19H29N3O3S. The van der Waals surface area contributed by atoms with E-state index >= 15 is 0 Å². The summed E-state index contributed by atoms with van der Waals surface area (Å²) < 4.78 is 0. The fourth-order valence-corrected chi connectivity index (χ4v) is 4.32. The largest absolute Gasteiger partial charge is 0.344 e. The van der Waals surface area contributed by atoms with Gasteiger partial charge in [-0.15, -0.1) is 11.8 Å². The van der Waals surface area contributed by atoms with E-state index in [0.717, 1.165) is 18.0 Å². The van der Waals surface area contributed by atoms with Crippen LogP contribution in [0, 0.1) is 10.1 Å². The first kappa shape index (κ1) is 20.7. The van der Waals surface area contributed by atoms with Gasteiger partial charge in [-0.25, -0.2) is 0 Å². The molecule has 1 aromatic carbocycles. The lowest BCUT2D eigenvalue weighted by Crippen LogP contribution is -2.42. The number of nitro benzene ring substituents is 1. The molecule has 1 saturated carbocycles. The molecule has 7 heteroatoms. The molecule has 1 aliphatic rings. The molecule has 0 saturated heterocycles. The van der Waals surface area contributed by atoms with E-state index in [1.807, 2.05) is 14.0 Å². The zero-order chi connectivity index (χ0) is 19.1. The smallest absolute Gasteiger partial charge is 0.269 e.